The molecule has 0 atom stereocenters. The van der Waals surface area contributed by atoms with Crippen molar-refractivity contribution in [2.45, 2.75) is 13.8 Å². The van der Waals surface area contributed by atoms with Crippen LogP contribution < -0.4 is 0 Å². The third-order valence-electron chi connectivity index (χ3n) is 1.92. The first-order valence-electron chi connectivity index (χ1n) is 4.75. The van der Waals surface area contributed by atoms with Crippen molar-refractivity contribution in [3.63, 3.8) is 0 Å². The van der Waals surface area contributed by atoms with Crippen LogP contribution in [0, 0.1) is 5.82 Å². The van der Waals surface area contributed by atoms with Gasteiger partial charge in [0, 0.05) is 11.6 Å². The van der Waals surface area contributed by atoms with E-state index in [2.05, 4.69) is 0 Å². The molecule has 3 heteroatoms. The molecule has 0 spiro atoms. The van der Waals surface area contributed by atoms with E-state index in [1.807, 2.05) is 0 Å². The number of rotatable bonds is 3. The first-order valence-corrected chi connectivity index (χ1v) is 4.75. The van der Waals surface area contributed by atoms with Crippen molar-refractivity contribution < 1.29 is 13.9 Å². The molecule has 80 valence electrons. The van der Waals surface area contributed by atoms with Gasteiger partial charge in [-0.3, -0.25) is 0 Å². The standard InChI is InChI=1S/C12H13FO2/c1-3-15-12(14)8-9(2)10-6-4-5-7-11(10)13/h4-8H,3H2,1-2H3. The fraction of sp³-hybridized carbons (Fsp3) is 0.250. The van der Waals surface area contributed by atoms with Crippen LogP contribution in [0.2, 0.25) is 0 Å². The van der Waals surface area contributed by atoms with Crippen LogP contribution in [0.5, 0.6) is 0 Å². The maximum atomic E-state index is 13.3. The van der Waals surface area contributed by atoms with Crippen molar-refractivity contribution in [2.24, 2.45) is 0 Å². The summed E-state index contributed by atoms with van der Waals surface area (Å²) < 4.78 is 18.0. The number of hydrogen-bond acceptors (Lipinski definition) is 2. The Bertz CT molecular complexity index is 383. The van der Waals surface area contributed by atoms with Gasteiger partial charge < -0.3 is 4.74 Å². The van der Waals surface area contributed by atoms with Crippen molar-refractivity contribution in [2.75, 3.05) is 6.61 Å². The highest BCUT2D eigenvalue weighted by molar-refractivity contribution is 5.90. The number of ether oxygens (including phenoxy) is 1. The van der Waals surface area contributed by atoms with Gasteiger partial charge in [0.25, 0.3) is 0 Å². The minimum absolute atomic E-state index is 0.319. The highest BCUT2D eigenvalue weighted by Gasteiger charge is 2.04. The number of carbonyl (C=O) groups excluding carboxylic acids is 1. The van der Waals surface area contributed by atoms with Gasteiger partial charge in [-0.05, 0) is 25.5 Å². The topological polar surface area (TPSA) is 26.3 Å². The zero-order chi connectivity index (χ0) is 11.3. The Morgan fingerprint density at radius 1 is 1.47 bits per heavy atom. The lowest BCUT2D eigenvalue weighted by Crippen LogP contribution is -2.00. The largest absolute Gasteiger partial charge is 0.463 e. The molecule has 0 bridgehead atoms. The van der Waals surface area contributed by atoms with E-state index in [-0.39, 0.29) is 5.82 Å². The number of hydrogen-bond donors (Lipinski definition) is 0. The van der Waals surface area contributed by atoms with E-state index in [0.717, 1.165) is 0 Å². The molecule has 0 heterocycles. The molecule has 0 aliphatic carbocycles. The highest BCUT2D eigenvalue weighted by atomic mass is 19.1. The van der Waals surface area contributed by atoms with Gasteiger partial charge in [-0.1, -0.05) is 18.2 Å². The van der Waals surface area contributed by atoms with Crippen LogP contribution in [0.1, 0.15) is 19.4 Å². The summed E-state index contributed by atoms with van der Waals surface area (Å²) in [6.45, 7) is 3.72. The summed E-state index contributed by atoms with van der Waals surface area (Å²) in [5.41, 5.74) is 0.983. The fourth-order valence-corrected chi connectivity index (χ4v) is 1.22. The van der Waals surface area contributed by atoms with E-state index in [1.54, 1.807) is 32.0 Å². The quantitative estimate of drug-likeness (QED) is 0.564. The summed E-state index contributed by atoms with van der Waals surface area (Å²) in [6.07, 6.45) is 1.29. The minimum Gasteiger partial charge on any atom is -0.463 e. The number of allylic oxidation sites excluding steroid dienone is 1. The van der Waals surface area contributed by atoms with Crippen molar-refractivity contribution >= 4 is 11.5 Å². The van der Waals surface area contributed by atoms with Gasteiger partial charge in [0.15, 0.2) is 0 Å². The summed E-state index contributed by atoms with van der Waals surface area (Å²) in [5.74, 6) is -0.784. The van der Waals surface area contributed by atoms with Gasteiger partial charge in [-0.15, -0.1) is 0 Å². The molecule has 2 nitrogen and oxygen atoms in total. The van der Waals surface area contributed by atoms with Crippen molar-refractivity contribution in [1.29, 1.82) is 0 Å². The maximum Gasteiger partial charge on any atom is 0.331 e. The highest BCUT2D eigenvalue weighted by Crippen LogP contribution is 2.17. The number of esters is 1. The molecule has 15 heavy (non-hydrogen) atoms. The Labute approximate surface area is 88.4 Å². The molecule has 0 aliphatic rings. The lowest BCUT2D eigenvalue weighted by Gasteiger charge is -2.02. The second-order valence-corrected chi connectivity index (χ2v) is 3.06. The number of benzene rings is 1. The minimum atomic E-state index is -0.446. The second-order valence-electron chi connectivity index (χ2n) is 3.06. The van der Waals surface area contributed by atoms with E-state index < -0.39 is 5.97 Å². The molecule has 0 aliphatic heterocycles. The summed E-state index contributed by atoms with van der Waals surface area (Å²) in [5, 5.41) is 0. The molecule has 0 saturated carbocycles. The Hall–Kier alpha value is -1.64. The van der Waals surface area contributed by atoms with Crippen molar-refractivity contribution in [1.82, 2.24) is 0 Å². The van der Waals surface area contributed by atoms with Gasteiger partial charge in [-0.2, -0.15) is 0 Å². The molecule has 0 radical (unpaired) electrons. The fourth-order valence-electron chi connectivity index (χ4n) is 1.22. The molecular formula is C12H13FO2. The van der Waals surface area contributed by atoms with Crippen LogP contribution in [0.3, 0.4) is 0 Å². The molecule has 0 saturated heterocycles. The van der Waals surface area contributed by atoms with Crippen LogP contribution in [-0.4, -0.2) is 12.6 Å². The zero-order valence-corrected chi connectivity index (χ0v) is 8.79. The Morgan fingerprint density at radius 3 is 2.73 bits per heavy atom. The maximum absolute atomic E-state index is 13.3. The van der Waals surface area contributed by atoms with E-state index in [0.29, 0.717) is 17.7 Å². The summed E-state index contributed by atoms with van der Waals surface area (Å²) in [4.78, 5) is 11.1. The Balaban J connectivity index is 2.89. The van der Waals surface area contributed by atoms with Gasteiger partial charge >= 0.3 is 5.97 Å². The van der Waals surface area contributed by atoms with Crippen LogP contribution >= 0.6 is 0 Å². The predicted octanol–water partition coefficient (Wildman–Crippen LogP) is 2.79. The lowest BCUT2D eigenvalue weighted by atomic mass is 10.1. The molecule has 1 aromatic rings. The van der Waals surface area contributed by atoms with Gasteiger partial charge in [0.05, 0.1) is 6.61 Å². The predicted molar refractivity (Wildman–Crippen MR) is 56.7 cm³/mol. The first kappa shape index (κ1) is 11.4. The SMILES string of the molecule is CCOC(=O)C=C(C)c1ccccc1F. The molecule has 0 unspecified atom stereocenters. The molecule has 0 amide bonds. The molecule has 1 aromatic carbocycles. The molecular weight excluding hydrogens is 195 g/mol. The normalized spacial score (nSPS) is 11.3. The van der Waals surface area contributed by atoms with Crippen molar-refractivity contribution in [3.8, 4) is 0 Å². The van der Waals surface area contributed by atoms with E-state index >= 15 is 0 Å². The second kappa shape index (κ2) is 5.29. The van der Waals surface area contributed by atoms with Crippen LogP contribution in [0.15, 0.2) is 30.3 Å². The summed E-state index contributed by atoms with van der Waals surface area (Å²) >= 11 is 0. The molecule has 0 N–H and O–H groups in total. The summed E-state index contributed by atoms with van der Waals surface area (Å²) in [6, 6.07) is 6.32. The van der Waals surface area contributed by atoms with Crippen LogP contribution in [0.25, 0.3) is 5.57 Å². The number of carbonyl (C=O) groups is 1. The average Bonchev–Trinajstić information content (AvgIpc) is 2.18. The molecule has 0 fully saturated rings. The zero-order valence-electron chi connectivity index (χ0n) is 8.79. The summed E-state index contributed by atoms with van der Waals surface area (Å²) in [7, 11) is 0. The third kappa shape index (κ3) is 3.20. The smallest absolute Gasteiger partial charge is 0.331 e. The van der Waals surface area contributed by atoms with E-state index in [9.17, 15) is 9.18 Å². The van der Waals surface area contributed by atoms with Gasteiger partial charge in [-0.25, -0.2) is 9.18 Å². The van der Waals surface area contributed by atoms with Crippen LogP contribution in [-0.2, 0) is 9.53 Å². The third-order valence-corrected chi connectivity index (χ3v) is 1.92. The Morgan fingerprint density at radius 2 is 2.13 bits per heavy atom. The van der Waals surface area contributed by atoms with Crippen molar-refractivity contribution in [3.05, 3.63) is 41.7 Å². The Kier molecular flexibility index (Phi) is 4.03. The van der Waals surface area contributed by atoms with E-state index in [4.69, 9.17) is 4.74 Å². The molecule has 0 aromatic heterocycles. The van der Waals surface area contributed by atoms with Gasteiger partial charge in [0.2, 0.25) is 0 Å². The average molecular weight is 208 g/mol. The van der Waals surface area contributed by atoms with Gasteiger partial charge in [0.1, 0.15) is 5.82 Å². The number of halogens is 1. The first-order chi connectivity index (χ1) is 7.15. The monoisotopic (exact) mass is 208 g/mol. The van der Waals surface area contributed by atoms with Crippen LogP contribution in [0.4, 0.5) is 4.39 Å². The van der Waals surface area contributed by atoms with E-state index in [1.165, 1.54) is 12.1 Å². The molecule has 1 rings (SSSR count). The lowest BCUT2D eigenvalue weighted by molar-refractivity contribution is -0.137.